The predicted octanol–water partition coefficient (Wildman–Crippen LogP) is 7.37. The molecule has 5 rings (SSSR count). The topological polar surface area (TPSA) is 53.3 Å². The van der Waals surface area contributed by atoms with Crippen LogP contribution in [0.4, 0.5) is 0 Å². The van der Waals surface area contributed by atoms with Crippen molar-refractivity contribution in [3.8, 4) is 11.8 Å². The largest absolute Gasteiger partial charge is 0.490 e. The van der Waals surface area contributed by atoms with Crippen molar-refractivity contribution >= 4 is 40.9 Å². The average molecular weight is 523 g/mol. The molecule has 178 valence electrons. The molecule has 7 heteroatoms. The zero-order valence-corrected chi connectivity index (χ0v) is 21.3. The number of nitriles is 1. The van der Waals surface area contributed by atoms with Crippen LogP contribution < -0.4 is 4.74 Å². The Hall–Kier alpha value is -2.65. The van der Waals surface area contributed by atoms with Crippen LogP contribution >= 0.6 is 35.0 Å². The van der Waals surface area contributed by atoms with Gasteiger partial charge < -0.3 is 9.64 Å². The van der Waals surface area contributed by atoms with Crippen molar-refractivity contribution in [2.24, 2.45) is 0 Å². The van der Waals surface area contributed by atoms with Gasteiger partial charge in [-0.1, -0.05) is 47.5 Å². The third-order valence-corrected chi connectivity index (χ3v) is 8.76. The van der Waals surface area contributed by atoms with Crippen LogP contribution in [0.3, 0.4) is 0 Å². The van der Waals surface area contributed by atoms with Crippen LogP contribution in [0.15, 0.2) is 71.6 Å². The maximum Gasteiger partial charge on any atom is 0.254 e. The van der Waals surface area contributed by atoms with Crippen LogP contribution in [0.1, 0.15) is 47.2 Å². The zero-order valence-electron chi connectivity index (χ0n) is 19.0. The molecule has 0 radical (unpaired) electrons. The van der Waals surface area contributed by atoms with Crippen molar-refractivity contribution in [3.05, 3.63) is 93.5 Å². The van der Waals surface area contributed by atoms with E-state index < -0.39 is 0 Å². The van der Waals surface area contributed by atoms with Crippen LogP contribution in [-0.4, -0.2) is 29.0 Å². The van der Waals surface area contributed by atoms with Gasteiger partial charge in [0, 0.05) is 41.1 Å². The highest BCUT2D eigenvalue weighted by Gasteiger charge is 2.44. The lowest BCUT2D eigenvalue weighted by atomic mass is 9.98. The Morgan fingerprint density at radius 3 is 2.46 bits per heavy atom. The number of thioether (sulfide) groups is 1. The fourth-order valence-electron chi connectivity index (χ4n) is 5.04. The highest BCUT2D eigenvalue weighted by molar-refractivity contribution is 7.98. The van der Waals surface area contributed by atoms with E-state index in [4.69, 9.17) is 33.2 Å². The number of amides is 1. The number of rotatable bonds is 6. The number of halogens is 2. The number of carbonyl (C=O) groups is 1. The number of fused-ring (bicyclic) bond motifs is 2. The van der Waals surface area contributed by atoms with Gasteiger partial charge in [0.15, 0.2) is 0 Å². The summed E-state index contributed by atoms with van der Waals surface area (Å²) in [4.78, 5) is 16.4. The lowest BCUT2D eigenvalue weighted by Crippen LogP contribution is -2.49. The van der Waals surface area contributed by atoms with Gasteiger partial charge in [0.2, 0.25) is 0 Å². The Balaban J connectivity index is 1.20. The Morgan fingerprint density at radius 1 is 1.03 bits per heavy atom. The molecule has 0 spiro atoms. The Morgan fingerprint density at radius 2 is 1.74 bits per heavy atom. The summed E-state index contributed by atoms with van der Waals surface area (Å²) in [7, 11) is 0. The molecule has 0 N–H and O–H groups in total. The fraction of sp³-hybridized carbons (Fsp3) is 0.286. The first-order valence-corrected chi connectivity index (χ1v) is 13.4. The summed E-state index contributed by atoms with van der Waals surface area (Å²) in [5.74, 6) is 1.57. The Kier molecular flexibility index (Phi) is 7.24. The summed E-state index contributed by atoms with van der Waals surface area (Å²) in [5.41, 5.74) is 2.44. The van der Waals surface area contributed by atoms with Gasteiger partial charge >= 0.3 is 0 Å². The maximum atomic E-state index is 13.4. The molecule has 3 aromatic rings. The minimum atomic E-state index is 0.0585. The SMILES string of the molecule is N#Cc1cccc(OC2C[C@H]3CC[C@@H](C2)N3C(=O)c2ccc(CSc3cccc(Cl)c3Cl)cc2)c1. The van der Waals surface area contributed by atoms with Gasteiger partial charge in [-0.3, -0.25) is 4.79 Å². The summed E-state index contributed by atoms with van der Waals surface area (Å²) in [6.45, 7) is 0. The predicted molar refractivity (Wildman–Crippen MR) is 140 cm³/mol. The van der Waals surface area contributed by atoms with E-state index in [0.29, 0.717) is 15.6 Å². The van der Waals surface area contributed by atoms with E-state index in [-0.39, 0.29) is 24.1 Å². The van der Waals surface area contributed by atoms with E-state index in [9.17, 15) is 4.79 Å². The molecule has 2 aliphatic heterocycles. The molecule has 3 aromatic carbocycles. The molecule has 2 saturated heterocycles. The van der Waals surface area contributed by atoms with E-state index in [2.05, 4.69) is 11.0 Å². The van der Waals surface area contributed by atoms with E-state index in [0.717, 1.165) is 53.2 Å². The van der Waals surface area contributed by atoms with Crippen LogP contribution in [0.25, 0.3) is 0 Å². The molecule has 2 fully saturated rings. The molecule has 1 amide bonds. The summed E-state index contributed by atoms with van der Waals surface area (Å²) in [6.07, 6.45) is 3.69. The standard InChI is InChI=1S/C28H24Cl2N2O2S/c29-25-5-2-6-26(27(25)30)35-17-18-7-9-20(10-8-18)28(33)32-21-11-12-22(32)15-24(14-21)34-23-4-1-3-19(13-23)16-31/h1-10,13,21-22,24H,11-12,14-15,17H2/t21-,22+,24?. The van der Waals surface area contributed by atoms with Crippen molar-refractivity contribution in [2.75, 3.05) is 0 Å². The van der Waals surface area contributed by atoms with E-state index in [1.54, 1.807) is 30.0 Å². The monoisotopic (exact) mass is 522 g/mol. The third kappa shape index (κ3) is 5.30. The molecular formula is C28H24Cl2N2O2S. The molecule has 0 saturated carbocycles. The summed E-state index contributed by atoms with van der Waals surface area (Å²) >= 11 is 14.0. The first kappa shape index (κ1) is 24.1. The molecule has 0 aromatic heterocycles. The van der Waals surface area contributed by atoms with E-state index >= 15 is 0 Å². The number of ether oxygens (including phenoxy) is 1. The molecule has 4 nitrogen and oxygen atoms in total. The average Bonchev–Trinajstić information content (AvgIpc) is 3.15. The molecule has 2 heterocycles. The van der Waals surface area contributed by atoms with Gasteiger partial charge in [0.05, 0.1) is 21.7 Å². The second-order valence-corrected chi connectivity index (χ2v) is 10.8. The fourth-order valence-corrected chi connectivity index (χ4v) is 6.48. The molecular weight excluding hydrogens is 499 g/mol. The number of nitrogens with zero attached hydrogens (tertiary/aromatic N) is 2. The second kappa shape index (κ2) is 10.5. The molecule has 1 unspecified atom stereocenters. The molecule has 0 aliphatic carbocycles. The maximum absolute atomic E-state index is 13.4. The van der Waals surface area contributed by atoms with Crippen LogP contribution in [0.2, 0.25) is 10.0 Å². The van der Waals surface area contributed by atoms with Crippen molar-refractivity contribution in [1.29, 1.82) is 5.26 Å². The van der Waals surface area contributed by atoms with E-state index in [1.807, 2.05) is 48.5 Å². The number of piperidine rings is 1. The van der Waals surface area contributed by atoms with Gasteiger partial charge in [-0.25, -0.2) is 0 Å². The lowest BCUT2D eigenvalue weighted by Gasteiger charge is -2.39. The minimum absolute atomic E-state index is 0.0585. The quantitative estimate of drug-likeness (QED) is 0.317. The van der Waals surface area contributed by atoms with Gasteiger partial charge in [0.1, 0.15) is 11.9 Å². The molecule has 2 aliphatic rings. The van der Waals surface area contributed by atoms with Crippen LogP contribution in [0, 0.1) is 11.3 Å². The summed E-state index contributed by atoms with van der Waals surface area (Å²) in [6, 6.07) is 23.3. The second-order valence-electron chi connectivity index (χ2n) is 8.99. The van der Waals surface area contributed by atoms with Gasteiger partial charge in [-0.2, -0.15) is 5.26 Å². The highest BCUT2D eigenvalue weighted by atomic mass is 35.5. The van der Waals surface area contributed by atoms with Gasteiger partial charge in [-0.15, -0.1) is 11.8 Å². The third-order valence-electron chi connectivity index (χ3n) is 6.70. The van der Waals surface area contributed by atoms with Crippen LogP contribution in [-0.2, 0) is 5.75 Å². The zero-order chi connectivity index (χ0) is 24.4. The summed E-state index contributed by atoms with van der Waals surface area (Å²) < 4.78 is 6.20. The summed E-state index contributed by atoms with van der Waals surface area (Å²) in [5, 5.41) is 10.3. The number of hydrogen-bond acceptors (Lipinski definition) is 4. The minimum Gasteiger partial charge on any atom is -0.490 e. The van der Waals surface area contributed by atoms with Crippen molar-refractivity contribution < 1.29 is 9.53 Å². The number of benzene rings is 3. The van der Waals surface area contributed by atoms with Crippen molar-refractivity contribution in [2.45, 2.75) is 54.5 Å². The normalized spacial score (nSPS) is 20.9. The number of carbonyl (C=O) groups excluding carboxylic acids is 1. The first-order valence-electron chi connectivity index (χ1n) is 11.7. The molecule has 2 bridgehead atoms. The Labute approximate surface area is 219 Å². The highest BCUT2D eigenvalue weighted by Crippen LogP contribution is 2.39. The van der Waals surface area contributed by atoms with E-state index in [1.165, 1.54) is 0 Å². The smallest absolute Gasteiger partial charge is 0.254 e. The Bertz CT molecular complexity index is 1260. The van der Waals surface area contributed by atoms with Gasteiger partial charge in [0.25, 0.3) is 5.91 Å². The van der Waals surface area contributed by atoms with Crippen molar-refractivity contribution in [1.82, 2.24) is 4.90 Å². The lowest BCUT2D eigenvalue weighted by molar-refractivity contribution is 0.0359. The molecule has 3 atom stereocenters. The van der Waals surface area contributed by atoms with Crippen molar-refractivity contribution in [3.63, 3.8) is 0 Å². The number of hydrogen-bond donors (Lipinski definition) is 0. The van der Waals surface area contributed by atoms with Gasteiger partial charge in [-0.05, 0) is 60.9 Å². The molecule has 35 heavy (non-hydrogen) atoms. The first-order chi connectivity index (χ1) is 17.0. The van der Waals surface area contributed by atoms with Crippen LogP contribution in [0.5, 0.6) is 5.75 Å².